The van der Waals surface area contributed by atoms with Crippen LogP contribution in [0.2, 0.25) is 0 Å². The Morgan fingerprint density at radius 3 is 2.51 bits per heavy atom. The van der Waals surface area contributed by atoms with Crippen molar-refractivity contribution in [3.8, 4) is 11.5 Å². The summed E-state index contributed by atoms with van der Waals surface area (Å²) in [5.41, 5.74) is 4.35. The lowest BCUT2D eigenvalue weighted by atomic mass is 9.96. The third-order valence-electron chi connectivity index (χ3n) is 6.49. The minimum Gasteiger partial charge on any atom is -0.403 e. The van der Waals surface area contributed by atoms with Crippen LogP contribution in [0.1, 0.15) is 16.7 Å². The molecule has 0 bridgehead atoms. The average molecular weight is 498 g/mol. The largest absolute Gasteiger partial charge is 0.403 e. The molecule has 0 aliphatic carbocycles. The summed E-state index contributed by atoms with van der Waals surface area (Å²) in [6, 6.07) is 22.3. The average Bonchev–Trinajstić information content (AvgIpc) is 3.35. The summed E-state index contributed by atoms with van der Waals surface area (Å²) >= 11 is 0. The zero-order chi connectivity index (χ0) is 25.2. The molecule has 186 valence electrons. The molecule has 9 heteroatoms. The molecular formula is C28H24FN5O3. The van der Waals surface area contributed by atoms with Crippen LogP contribution in [-0.2, 0) is 16.0 Å². The highest BCUT2D eigenvalue weighted by Gasteiger charge is 2.27. The highest BCUT2D eigenvalue weighted by atomic mass is 19.1. The molecule has 4 aromatic rings. The minimum atomic E-state index is -0.940. The molecule has 3 aromatic carbocycles. The number of rotatable bonds is 5. The van der Waals surface area contributed by atoms with E-state index in [2.05, 4.69) is 20.4 Å². The second-order valence-corrected chi connectivity index (χ2v) is 8.87. The molecule has 6 rings (SSSR count). The van der Waals surface area contributed by atoms with Crippen LogP contribution in [0, 0.1) is 5.82 Å². The Hall–Kier alpha value is -4.37. The van der Waals surface area contributed by atoms with E-state index in [1.54, 1.807) is 6.07 Å². The van der Waals surface area contributed by atoms with Gasteiger partial charge < -0.3 is 19.4 Å². The number of carbonyl (C=O) groups excluding carboxylic acids is 1. The van der Waals surface area contributed by atoms with E-state index in [0.29, 0.717) is 32.0 Å². The van der Waals surface area contributed by atoms with Crippen molar-refractivity contribution in [1.29, 1.82) is 0 Å². The number of halogens is 1. The number of anilines is 2. The van der Waals surface area contributed by atoms with Crippen LogP contribution in [0.15, 0.2) is 82.2 Å². The number of hydrogen-bond acceptors (Lipinski definition) is 8. The minimum absolute atomic E-state index is 0.00729. The van der Waals surface area contributed by atoms with E-state index in [4.69, 9.17) is 14.1 Å². The summed E-state index contributed by atoms with van der Waals surface area (Å²) in [6.07, 6.45) is -0.740. The fourth-order valence-corrected chi connectivity index (χ4v) is 4.60. The number of benzene rings is 3. The van der Waals surface area contributed by atoms with E-state index in [9.17, 15) is 9.18 Å². The molecule has 1 N–H and O–H groups in total. The SMILES string of the molecule is O=C1Cc2ccccc2C(c2ccccc2)=NC1Nc1nnc(-c2ccc(N3CCOCC3)cc2F)o1. The number of nitrogens with zero attached hydrogens (tertiary/aromatic N) is 4. The molecule has 1 aromatic heterocycles. The molecule has 0 spiro atoms. The first-order valence-electron chi connectivity index (χ1n) is 12.1. The topological polar surface area (TPSA) is 92.9 Å². The van der Waals surface area contributed by atoms with Crippen molar-refractivity contribution in [2.24, 2.45) is 4.99 Å². The number of hydrogen-bond donors (Lipinski definition) is 1. The lowest BCUT2D eigenvalue weighted by Crippen LogP contribution is -2.36. The Balaban J connectivity index is 1.27. The highest BCUT2D eigenvalue weighted by molar-refractivity contribution is 6.16. The summed E-state index contributed by atoms with van der Waals surface area (Å²) in [6.45, 7) is 2.64. The number of aliphatic imine (C=N–C) groups is 1. The standard InChI is InChI=1S/C28H24FN5O3/c29-23-17-20(34-12-14-36-15-13-34)10-11-22(23)27-32-33-28(37-27)31-26-24(35)16-19-8-4-5-9-21(19)25(30-26)18-6-2-1-3-7-18/h1-11,17,26H,12-16H2,(H,31,33). The van der Waals surface area contributed by atoms with Crippen LogP contribution in [0.5, 0.6) is 0 Å². The number of carbonyl (C=O) groups is 1. The first-order chi connectivity index (χ1) is 18.2. The van der Waals surface area contributed by atoms with E-state index in [0.717, 1.165) is 22.4 Å². The molecule has 2 aliphatic rings. The molecular weight excluding hydrogens is 473 g/mol. The Morgan fingerprint density at radius 1 is 0.919 bits per heavy atom. The molecule has 2 aliphatic heterocycles. The Labute approximate surface area is 212 Å². The maximum Gasteiger partial charge on any atom is 0.317 e. The molecule has 0 radical (unpaired) electrons. The zero-order valence-corrected chi connectivity index (χ0v) is 19.9. The van der Waals surface area contributed by atoms with Gasteiger partial charge in [-0.05, 0) is 23.8 Å². The maximum absolute atomic E-state index is 15.0. The van der Waals surface area contributed by atoms with Crippen molar-refractivity contribution in [3.63, 3.8) is 0 Å². The summed E-state index contributed by atoms with van der Waals surface area (Å²) in [5.74, 6) is -0.589. The predicted molar refractivity (Wildman–Crippen MR) is 137 cm³/mol. The number of ketones is 1. The number of ether oxygens (including phenoxy) is 1. The summed E-state index contributed by atoms with van der Waals surface area (Å²) in [5, 5.41) is 11.0. The van der Waals surface area contributed by atoms with E-state index in [-0.39, 0.29) is 29.7 Å². The van der Waals surface area contributed by atoms with Crippen LogP contribution in [0.25, 0.3) is 11.5 Å². The van der Waals surface area contributed by atoms with Gasteiger partial charge in [-0.15, -0.1) is 5.10 Å². The van der Waals surface area contributed by atoms with Gasteiger partial charge >= 0.3 is 6.01 Å². The first-order valence-corrected chi connectivity index (χ1v) is 12.1. The molecule has 37 heavy (non-hydrogen) atoms. The molecule has 1 unspecified atom stereocenters. The second kappa shape index (κ2) is 9.94. The number of nitrogens with one attached hydrogen (secondary N) is 1. The van der Waals surface area contributed by atoms with E-state index in [1.165, 1.54) is 6.07 Å². The summed E-state index contributed by atoms with van der Waals surface area (Å²) < 4.78 is 26.1. The van der Waals surface area contributed by atoms with E-state index in [1.807, 2.05) is 60.7 Å². The summed E-state index contributed by atoms with van der Waals surface area (Å²) in [7, 11) is 0. The molecule has 3 heterocycles. The van der Waals surface area contributed by atoms with E-state index < -0.39 is 12.0 Å². The van der Waals surface area contributed by atoms with Crippen molar-refractivity contribution >= 4 is 23.2 Å². The van der Waals surface area contributed by atoms with Crippen LogP contribution in [-0.4, -0.2) is 54.2 Å². The number of Topliss-reactive ketones (excluding diaryl/α,β-unsaturated/α-hetero) is 1. The van der Waals surface area contributed by atoms with Crippen LogP contribution in [0.3, 0.4) is 0 Å². The van der Waals surface area contributed by atoms with Crippen LogP contribution in [0.4, 0.5) is 16.1 Å². The monoisotopic (exact) mass is 497 g/mol. The van der Waals surface area contributed by atoms with Gasteiger partial charge in [-0.1, -0.05) is 59.7 Å². The summed E-state index contributed by atoms with van der Waals surface area (Å²) in [4.78, 5) is 20.0. The third-order valence-corrected chi connectivity index (χ3v) is 6.49. The van der Waals surface area contributed by atoms with Gasteiger partial charge in [0.2, 0.25) is 0 Å². The zero-order valence-electron chi connectivity index (χ0n) is 19.9. The second-order valence-electron chi connectivity index (χ2n) is 8.87. The Kier molecular flexibility index (Phi) is 6.20. The van der Waals surface area contributed by atoms with Gasteiger partial charge in [0, 0.05) is 36.3 Å². The normalized spacial score (nSPS) is 17.6. The van der Waals surface area contributed by atoms with Gasteiger partial charge in [0.05, 0.1) is 24.5 Å². The Bertz CT molecular complexity index is 1460. The fourth-order valence-electron chi connectivity index (χ4n) is 4.60. The van der Waals surface area contributed by atoms with Crippen LogP contribution < -0.4 is 10.2 Å². The van der Waals surface area contributed by atoms with Gasteiger partial charge in [0.15, 0.2) is 11.9 Å². The number of fused-ring (bicyclic) bond motifs is 1. The molecule has 0 amide bonds. The van der Waals surface area contributed by atoms with Gasteiger partial charge in [0.25, 0.3) is 5.89 Å². The lowest BCUT2D eigenvalue weighted by molar-refractivity contribution is -0.119. The van der Waals surface area contributed by atoms with E-state index >= 15 is 0 Å². The predicted octanol–water partition coefficient (Wildman–Crippen LogP) is 4.11. The fraction of sp³-hybridized carbons (Fsp3) is 0.214. The van der Waals surface area contributed by atoms with Crippen molar-refractivity contribution in [2.75, 3.05) is 36.5 Å². The smallest absolute Gasteiger partial charge is 0.317 e. The van der Waals surface area contributed by atoms with Gasteiger partial charge in [-0.3, -0.25) is 9.79 Å². The third kappa shape index (κ3) is 4.73. The van der Waals surface area contributed by atoms with Gasteiger partial charge in [0.1, 0.15) is 5.82 Å². The molecule has 1 fully saturated rings. The van der Waals surface area contributed by atoms with Gasteiger partial charge in [-0.25, -0.2) is 4.39 Å². The Morgan fingerprint density at radius 2 is 1.70 bits per heavy atom. The van der Waals surface area contributed by atoms with Crippen LogP contribution >= 0.6 is 0 Å². The van der Waals surface area contributed by atoms with Crippen molar-refractivity contribution in [2.45, 2.75) is 12.6 Å². The maximum atomic E-state index is 15.0. The van der Waals surface area contributed by atoms with Gasteiger partial charge in [-0.2, -0.15) is 0 Å². The van der Waals surface area contributed by atoms with Crippen molar-refractivity contribution in [1.82, 2.24) is 10.2 Å². The lowest BCUT2D eigenvalue weighted by Gasteiger charge is -2.28. The van der Waals surface area contributed by atoms with Crippen molar-refractivity contribution in [3.05, 3.63) is 95.3 Å². The number of morpholine rings is 1. The van der Waals surface area contributed by atoms with Crippen molar-refractivity contribution < 1.29 is 18.3 Å². The quantitative estimate of drug-likeness (QED) is 0.444. The molecule has 1 atom stereocenters. The first kappa shape index (κ1) is 23.1. The number of aromatic nitrogens is 2. The molecule has 1 saturated heterocycles. The molecule has 0 saturated carbocycles. The highest BCUT2D eigenvalue weighted by Crippen LogP contribution is 2.28. The molecule has 8 nitrogen and oxygen atoms in total.